The minimum atomic E-state index is -0.246. The van der Waals surface area contributed by atoms with Crippen LogP contribution in [0.1, 0.15) is 11.3 Å². The van der Waals surface area contributed by atoms with Gasteiger partial charge in [-0.3, -0.25) is 0 Å². The lowest BCUT2D eigenvalue weighted by atomic mass is 10.1. The molecular weight excluding hydrogens is 303 g/mol. The van der Waals surface area contributed by atoms with Gasteiger partial charge in [-0.05, 0) is 41.4 Å². The van der Waals surface area contributed by atoms with Crippen molar-refractivity contribution >= 4 is 28.1 Å². The van der Waals surface area contributed by atoms with Gasteiger partial charge in [0.05, 0.1) is 4.47 Å². The molecule has 0 saturated heterocycles. The summed E-state index contributed by atoms with van der Waals surface area (Å²) in [5.74, 6) is 0.332. The topological polar surface area (TPSA) is 28.7 Å². The lowest BCUT2D eigenvalue weighted by Crippen LogP contribution is -1.95. The molecule has 2 rings (SSSR count). The van der Waals surface area contributed by atoms with Crippen molar-refractivity contribution in [1.29, 1.82) is 0 Å². The second kappa shape index (κ2) is 4.66. The highest BCUT2D eigenvalue weighted by Crippen LogP contribution is 2.22. The average Bonchev–Trinajstić information content (AvgIpc) is 2.29. The zero-order valence-electron chi connectivity index (χ0n) is 9.34. The van der Waals surface area contributed by atoms with E-state index < -0.39 is 0 Å². The van der Waals surface area contributed by atoms with E-state index >= 15 is 0 Å². The summed E-state index contributed by atoms with van der Waals surface area (Å²) in [6, 6.07) is 5.00. The van der Waals surface area contributed by atoms with Crippen LogP contribution in [0.4, 0.5) is 4.39 Å². The quantitative estimate of drug-likeness (QED) is 0.794. The Labute approximate surface area is 112 Å². The van der Waals surface area contributed by atoms with Crippen LogP contribution in [0, 0.1) is 24.3 Å². The van der Waals surface area contributed by atoms with Gasteiger partial charge in [-0.15, -0.1) is 0 Å². The third kappa shape index (κ3) is 2.45. The maximum Gasteiger partial charge on any atom is 0.144 e. The molecular formula is C12H10BrFN2S. The fraction of sp³-hybridized carbons (Fsp3) is 0.167. The van der Waals surface area contributed by atoms with Gasteiger partial charge >= 0.3 is 0 Å². The minimum Gasteiger partial charge on any atom is -0.342 e. The number of rotatable bonds is 1. The molecule has 0 amide bonds. The average molecular weight is 313 g/mol. The molecule has 0 bridgehead atoms. The zero-order valence-corrected chi connectivity index (χ0v) is 11.7. The summed E-state index contributed by atoms with van der Waals surface area (Å²) in [7, 11) is 0. The van der Waals surface area contributed by atoms with Crippen molar-refractivity contribution in [2.75, 3.05) is 0 Å². The highest BCUT2D eigenvalue weighted by molar-refractivity contribution is 9.10. The molecule has 1 N–H and O–H groups in total. The molecule has 0 aliphatic heterocycles. The van der Waals surface area contributed by atoms with Gasteiger partial charge in [-0.1, -0.05) is 24.4 Å². The summed E-state index contributed by atoms with van der Waals surface area (Å²) in [6.45, 7) is 3.61. The Morgan fingerprint density at radius 3 is 2.65 bits per heavy atom. The second-order valence-electron chi connectivity index (χ2n) is 3.79. The van der Waals surface area contributed by atoms with Gasteiger partial charge in [0.2, 0.25) is 0 Å². The first-order valence-electron chi connectivity index (χ1n) is 5.02. The Hall–Kier alpha value is -1.07. The normalized spacial score (nSPS) is 10.6. The molecule has 0 radical (unpaired) electrons. The number of hydrogen-bond donors (Lipinski definition) is 1. The molecule has 0 saturated carbocycles. The van der Waals surface area contributed by atoms with Crippen molar-refractivity contribution in [3.8, 4) is 11.4 Å². The van der Waals surface area contributed by atoms with Crippen LogP contribution >= 0.6 is 28.1 Å². The molecule has 2 nitrogen and oxygen atoms in total. The number of H-pyrrole nitrogens is 1. The van der Waals surface area contributed by atoms with E-state index in [9.17, 15) is 4.39 Å². The standard InChI is InChI=1S/C12H10BrFN2S/c1-6-3-4-8(5-9(6)14)11-15-7(2)10(13)12(17)16-11/h3-5H,1-2H3,(H,15,16,17). The van der Waals surface area contributed by atoms with Gasteiger partial charge in [0, 0.05) is 11.3 Å². The van der Waals surface area contributed by atoms with Crippen molar-refractivity contribution in [2.24, 2.45) is 0 Å². The van der Waals surface area contributed by atoms with Crippen molar-refractivity contribution in [2.45, 2.75) is 13.8 Å². The van der Waals surface area contributed by atoms with Crippen molar-refractivity contribution in [1.82, 2.24) is 9.97 Å². The number of aryl methyl sites for hydroxylation is 2. The number of benzene rings is 1. The summed E-state index contributed by atoms with van der Waals surface area (Å²) in [5, 5.41) is 0. The first-order valence-corrected chi connectivity index (χ1v) is 6.22. The molecule has 5 heteroatoms. The molecule has 0 spiro atoms. The summed E-state index contributed by atoms with van der Waals surface area (Å²) in [4.78, 5) is 7.31. The maximum atomic E-state index is 13.5. The van der Waals surface area contributed by atoms with Gasteiger partial charge in [0.15, 0.2) is 0 Å². The van der Waals surface area contributed by atoms with E-state index in [-0.39, 0.29) is 5.82 Å². The highest BCUT2D eigenvalue weighted by atomic mass is 79.9. The molecule has 0 aliphatic carbocycles. The number of halogens is 2. The largest absolute Gasteiger partial charge is 0.342 e. The van der Waals surface area contributed by atoms with Crippen LogP contribution in [0.5, 0.6) is 0 Å². The van der Waals surface area contributed by atoms with Gasteiger partial charge in [-0.2, -0.15) is 0 Å². The number of aromatic nitrogens is 2. The first kappa shape index (κ1) is 12.4. The summed E-state index contributed by atoms with van der Waals surface area (Å²) in [6.07, 6.45) is 0. The van der Waals surface area contributed by atoms with Crippen molar-refractivity contribution in [3.05, 3.63) is 44.4 Å². The third-order valence-corrected chi connectivity index (χ3v) is 4.01. The molecule has 1 aromatic heterocycles. The number of hydrogen-bond acceptors (Lipinski definition) is 2. The lowest BCUT2D eigenvalue weighted by molar-refractivity contribution is 0.619. The SMILES string of the molecule is Cc1ccc(-c2nc(=S)c(Br)c(C)[nH]2)cc1F. The van der Waals surface area contributed by atoms with E-state index in [0.717, 1.165) is 10.2 Å². The van der Waals surface area contributed by atoms with E-state index in [1.54, 1.807) is 13.0 Å². The van der Waals surface area contributed by atoms with E-state index in [1.165, 1.54) is 6.07 Å². The molecule has 1 heterocycles. The Morgan fingerprint density at radius 1 is 1.35 bits per heavy atom. The van der Waals surface area contributed by atoms with Gasteiger partial charge in [-0.25, -0.2) is 9.37 Å². The number of aromatic amines is 1. The van der Waals surface area contributed by atoms with E-state index in [0.29, 0.717) is 21.6 Å². The Morgan fingerprint density at radius 2 is 2.06 bits per heavy atom. The zero-order chi connectivity index (χ0) is 12.6. The summed E-state index contributed by atoms with van der Waals surface area (Å²) in [5.41, 5.74) is 2.18. The van der Waals surface area contributed by atoms with Crippen LogP contribution in [0.25, 0.3) is 11.4 Å². The number of nitrogens with zero attached hydrogens (tertiary/aromatic N) is 1. The molecule has 1 aromatic carbocycles. The van der Waals surface area contributed by atoms with Crippen molar-refractivity contribution < 1.29 is 4.39 Å². The van der Waals surface area contributed by atoms with E-state index in [2.05, 4.69) is 25.9 Å². The van der Waals surface area contributed by atoms with Crippen LogP contribution in [-0.2, 0) is 0 Å². The van der Waals surface area contributed by atoms with Crippen LogP contribution < -0.4 is 0 Å². The molecule has 88 valence electrons. The molecule has 2 aromatic rings. The second-order valence-corrected chi connectivity index (χ2v) is 4.97. The minimum absolute atomic E-state index is 0.246. The van der Waals surface area contributed by atoms with E-state index in [1.807, 2.05) is 13.0 Å². The smallest absolute Gasteiger partial charge is 0.144 e. The fourth-order valence-corrected chi connectivity index (χ4v) is 1.88. The molecule has 0 atom stereocenters. The molecule has 0 aliphatic rings. The van der Waals surface area contributed by atoms with Crippen LogP contribution in [0.15, 0.2) is 22.7 Å². The van der Waals surface area contributed by atoms with E-state index in [4.69, 9.17) is 12.2 Å². The lowest BCUT2D eigenvalue weighted by Gasteiger charge is -2.06. The summed E-state index contributed by atoms with van der Waals surface area (Å²) >= 11 is 8.46. The predicted molar refractivity (Wildman–Crippen MR) is 72.0 cm³/mol. The monoisotopic (exact) mass is 312 g/mol. The number of nitrogens with one attached hydrogen (secondary N) is 1. The fourth-order valence-electron chi connectivity index (χ4n) is 1.45. The van der Waals surface area contributed by atoms with Gasteiger partial charge in [0.25, 0.3) is 0 Å². The van der Waals surface area contributed by atoms with Gasteiger partial charge in [0.1, 0.15) is 16.3 Å². The molecule has 0 fully saturated rings. The molecule has 0 unspecified atom stereocenters. The Bertz CT molecular complexity index is 637. The predicted octanol–water partition coefficient (Wildman–Crippen LogP) is 4.32. The first-order chi connectivity index (χ1) is 7.99. The van der Waals surface area contributed by atoms with Crippen molar-refractivity contribution in [3.63, 3.8) is 0 Å². The maximum absolute atomic E-state index is 13.5. The highest BCUT2D eigenvalue weighted by Gasteiger charge is 2.06. The van der Waals surface area contributed by atoms with Crippen LogP contribution in [0.2, 0.25) is 0 Å². The third-order valence-electron chi connectivity index (χ3n) is 2.48. The Balaban J connectivity index is 2.61. The van der Waals surface area contributed by atoms with Crippen LogP contribution in [-0.4, -0.2) is 9.97 Å². The van der Waals surface area contributed by atoms with Gasteiger partial charge < -0.3 is 4.98 Å². The molecule has 17 heavy (non-hydrogen) atoms. The Kier molecular flexibility index (Phi) is 3.40. The summed E-state index contributed by atoms with van der Waals surface area (Å²) < 4.78 is 14.7. The van der Waals surface area contributed by atoms with Crippen LogP contribution in [0.3, 0.4) is 0 Å².